The molecule has 1 aliphatic carbocycles. The molecule has 1 heterocycles. The SMILES string of the molecule is CC(C)(C)OC(=O)N1CCC2(CCCC2C(=O)O)CC1. The second-order valence-electron chi connectivity index (χ2n) is 7.11. The number of carboxylic acids is 1. The van der Waals surface area contributed by atoms with E-state index in [-0.39, 0.29) is 17.4 Å². The third-order valence-corrected chi connectivity index (χ3v) is 4.62. The zero-order valence-electron chi connectivity index (χ0n) is 12.6. The molecule has 2 fully saturated rings. The van der Waals surface area contributed by atoms with Crippen molar-refractivity contribution >= 4 is 12.1 Å². The highest BCUT2D eigenvalue weighted by Gasteiger charge is 2.48. The Morgan fingerprint density at radius 2 is 1.80 bits per heavy atom. The molecule has 2 aliphatic rings. The van der Waals surface area contributed by atoms with E-state index >= 15 is 0 Å². The molecule has 1 amide bonds. The number of likely N-dealkylation sites (tertiary alicyclic amines) is 1. The second kappa shape index (κ2) is 5.26. The largest absolute Gasteiger partial charge is 0.481 e. The standard InChI is InChI=1S/C15H25NO4/c1-14(2,3)20-13(19)16-9-7-15(8-10-16)6-4-5-11(15)12(17)18/h11H,4-10H2,1-3H3,(H,17,18). The van der Waals surface area contributed by atoms with Gasteiger partial charge in [-0.25, -0.2) is 4.79 Å². The van der Waals surface area contributed by atoms with E-state index in [4.69, 9.17) is 4.74 Å². The predicted molar refractivity (Wildman–Crippen MR) is 74.5 cm³/mol. The van der Waals surface area contributed by atoms with E-state index in [0.717, 1.165) is 32.1 Å². The van der Waals surface area contributed by atoms with Crippen molar-refractivity contribution in [2.75, 3.05) is 13.1 Å². The molecule has 0 radical (unpaired) electrons. The minimum Gasteiger partial charge on any atom is -0.481 e. The second-order valence-corrected chi connectivity index (χ2v) is 7.11. The molecule has 0 bridgehead atoms. The summed E-state index contributed by atoms with van der Waals surface area (Å²) in [6, 6.07) is 0. The van der Waals surface area contributed by atoms with Gasteiger partial charge in [-0.15, -0.1) is 0 Å². The lowest BCUT2D eigenvalue weighted by atomic mass is 9.70. The van der Waals surface area contributed by atoms with Gasteiger partial charge >= 0.3 is 12.1 Å². The fourth-order valence-corrected chi connectivity index (χ4v) is 3.58. The number of rotatable bonds is 1. The first-order valence-corrected chi connectivity index (χ1v) is 7.44. The molecular weight excluding hydrogens is 258 g/mol. The van der Waals surface area contributed by atoms with E-state index in [2.05, 4.69) is 0 Å². The van der Waals surface area contributed by atoms with E-state index in [1.54, 1.807) is 4.90 Å². The lowest BCUT2D eigenvalue weighted by Gasteiger charge is -2.42. The average Bonchev–Trinajstić information content (AvgIpc) is 2.71. The van der Waals surface area contributed by atoms with Crippen molar-refractivity contribution < 1.29 is 19.4 Å². The van der Waals surface area contributed by atoms with Gasteiger partial charge in [-0.05, 0) is 51.9 Å². The molecule has 1 saturated heterocycles. The fourth-order valence-electron chi connectivity index (χ4n) is 3.58. The molecule has 1 aliphatic heterocycles. The summed E-state index contributed by atoms with van der Waals surface area (Å²) in [6.45, 7) is 6.78. The number of carboxylic acid groups (broad SMARTS) is 1. The molecule has 2 rings (SSSR count). The lowest BCUT2D eigenvalue weighted by Crippen LogP contribution is -2.47. The Morgan fingerprint density at radius 3 is 2.30 bits per heavy atom. The van der Waals surface area contributed by atoms with Gasteiger partial charge in [0, 0.05) is 13.1 Å². The van der Waals surface area contributed by atoms with Crippen LogP contribution in [0, 0.1) is 11.3 Å². The van der Waals surface area contributed by atoms with Crippen LogP contribution in [0.15, 0.2) is 0 Å². The topological polar surface area (TPSA) is 66.8 Å². The number of piperidine rings is 1. The Labute approximate surface area is 120 Å². The molecule has 114 valence electrons. The number of nitrogens with zero attached hydrogens (tertiary/aromatic N) is 1. The van der Waals surface area contributed by atoms with Crippen molar-refractivity contribution in [3.63, 3.8) is 0 Å². The highest BCUT2D eigenvalue weighted by atomic mass is 16.6. The molecule has 0 aromatic heterocycles. The highest BCUT2D eigenvalue weighted by molar-refractivity contribution is 5.72. The van der Waals surface area contributed by atoms with Crippen LogP contribution in [0.5, 0.6) is 0 Å². The normalized spacial score (nSPS) is 25.8. The van der Waals surface area contributed by atoms with Crippen LogP contribution < -0.4 is 0 Å². The van der Waals surface area contributed by atoms with Crippen LogP contribution in [0.3, 0.4) is 0 Å². The van der Waals surface area contributed by atoms with Gasteiger partial charge in [-0.1, -0.05) is 6.42 Å². The predicted octanol–water partition coefficient (Wildman–Crippen LogP) is 2.89. The molecule has 1 N–H and O–H groups in total. The van der Waals surface area contributed by atoms with Crippen molar-refractivity contribution in [1.82, 2.24) is 4.90 Å². The molecule has 1 spiro atoms. The van der Waals surface area contributed by atoms with Crippen LogP contribution in [0.4, 0.5) is 4.79 Å². The Bertz CT molecular complexity index is 391. The smallest absolute Gasteiger partial charge is 0.410 e. The monoisotopic (exact) mass is 283 g/mol. The number of carbonyl (C=O) groups is 2. The molecule has 5 nitrogen and oxygen atoms in total. The first kappa shape index (κ1) is 15.1. The number of ether oxygens (including phenoxy) is 1. The number of hydrogen-bond acceptors (Lipinski definition) is 3. The Balaban J connectivity index is 1.95. The summed E-state index contributed by atoms with van der Waals surface area (Å²) in [5, 5.41) is 9.35. The van der Waals surface area contributed by atoms with Crippen LogP contribution in [0.2, 0.25) is 0 Å². The maximum Gasteiger partial charge on any atom is 0.410 e. The van der Waals surface area contributed by atoms with Gasteiger partial charge in [0.05, 0.1) is 5.92 Å². The van der Waals surface area contributed by atoms with Gasteiger partial charge in [0.1, 0.15) is 5.60 Å². The van der Waals surface area contributed by atoms with Crippen molar-refractivity contribution in [3.8, 4) is 0 Å². The number of carbonyl (C=O) groups excluding carboxylic acids is 1. The van der Waals surface area contributed by atoms with Gasteiger partial charge in [0.15, 0.2) is 0 Å². The number of hydrogen-bond donors (Lipinski definition) is 1. The van der Waals surface area contributed by atoms with Gasteiger partial charge in [-0.2, -0.15) is 0 Å². The molecule has 1 atom stereocenters. The zero-order chi connectivity index (χ0) is 15.0. The summed E-state index contributed by atoms with van der Waals surface area (Å²) in [4.78, 5) is 25.1. The lowest BCUT2D eigenvalue weighted by molar-refractivity contribution is -0.146. The Morgan fingerprint density at radius 1 is 1.20 bits per heavy atom. The summed E-state index contributed by atoms with van der Waals surface area (Å²) >= 11 is 0. The van der Waals surface area contributed by atoms with Gasteiger partial charge in [0.25, 0.3) is 0 Å². The van der Waals surface area contributed by atoms with Crippen LogP contribution in [0.1, 0.15) is 52.9 Å². The third kappa shape index (κ3) is 3.07. The summed E-state index contributed by atoms with van der Waals surface area (Å²) in [5.74, 6) is -0.906. The molecule has 20 heavy (non-hydrogen) atoms. The minimum absolute atomic E-state index is 0.0929. The van der Waals surface area contributed by atoms with Crippen LogP contribution >= 0.6 is 0 Å². The molecule has 5 heteroatoms. The summed E-state index contributed by atoms with van der Waals surface area (Å²) < 4.78 is 5.37. The zero-order valence-corrected chi connectivity index (χ0v) is 12.6. The van der Waals surface area contributed by atoms with E-state index in [1.807, 2.05) is 20.8 Å². The fraction of sp³-hybridized carbons (Fsp3) is 0.867. The average molecular weight is 283 g/mol. The maximum atomic E-state index is 12.0. The number of amides is 1. The highest BCUT2D eigenvalue weighted by Crippen LogP contribution is 2.50. The van der Waals surface area contributed by atoms with Gasteiger partial charge in [0.2, 0.25) is 0 Å². The van der Waals surface area contributed by atoms with Crippen molar-refractivity contribution in [1.29, 1.82) is 0 Å². The van der Waals surface area contributed by atoms with E-state index in [0.29, 0.717) is 13.1 Å². The maximum absolute atomic E-state index is 12.0. The summed E-state index contributed by atoms with van der Waals surface area (Å²) in [6.07, 6.45) is 4.03. The quantitative estimate of drug-likeness (QED) is 0.803. The van der Waals surface area contributed by atoms with Crippen molar-refractivity contribution in [2.45, 2.75) is 58.5 Å². The van der Waals surface area contributed by atoms with Crippen molar-refractivity contribution in [2.24, 2.45) is 11.3 Å². The molecule has 1 saturated carbocycles. The Kier molecular flexibility index (Phi) is 3.98. The summed E-state index contributed by atoms with van der Waals surface area (Å²) in [5.41, 5.74) is -0.576. The van der Waals surface area contributed by atoms with Crippen LogP contribution in [0.25, 0.3) is 0 Å². The molecule has 0 aromatic carbocycles. The van der Waals surface area contributed by atoms with Gasteiger partial charge in [-0.3, -0.25) is 4.79 Å². The van der Waals surface area contributed by atoms with E-state index < -0.39 is 11.6 Å². The Hall–Kier alpha value is -1.26. The first-order chi connectivity index (χ1) is 9.23. The van der Waals surface area contributed by atoms with Crippen LogP contribution in [-0.2, 0) is 9.53 Å². The van der Waals surface area contributed by atoms with Crippen molar-refractivity contribution in [3.05, 3.63) is 0 Å². The van der Waals surface area contributed by atoms with E-state index in [1.165, 1.54) is 0 Å². The summed E-state index contributed by atoms with van der Waals surface area (Å²) in [7, 11) is 0. The molecule has 0 aromatic rings. The number of aliphatic carboxylic acids is 1. The third-order valence-electron chi connectivity index (χ3n) is 4.62. The van der Waals surface area contributed by atoms with Crippen LogP contribution in [-0.4, -0.2) is 40.8 Å². The molecular formula is C15H25NO4. The van der Waals surface area contributed by atoms with E-state index in [9.17, 15) is 14.7 Å². The van der Waals surface area contributed by atoms with Gasteiger partial charge < -0.3 is 14.7 Å². The first-order valence-electron chi connectivity index (χ1n) is 7.44. The minimum atomic E-state index is -0.673. The molecule has 1 unspecified atom stereocenters.